The normalized spacial score (nSPS) is 10.3. The smallest absolute Gasteiger partial charge is 0.257 e. The minimum absolute atomic E-state index is 0.212. The number of carbonyl (C=O) groups excluding carboxylic acids is 1. The number of benzene rings is 1. The van der Waals surface area contributed by atoms with Crippen LogP contribution in [0.2, 0.25) is 0 Å². The van der Waals surface area contributed by atoms with Crippen molar-refractivity contribution >= 4 is 51.7 Å². The SMILES string of the molecule is O=C(NC(=S)Nc1cccnc1)c1ccc2nsnc2c1. The maximum Gasteiger partial charge on any atom is 0.257 e. The lowest BCUT2D eigenvalue weighted by atomic mass is 10.2. The van der Waals surface area contributed by atoms with Gasteiger partial charge in [0.25, 0.3) is 5.91 Å². The molecule has 1 amide bonds. The van der Waals surface area contributed by atoms with Crippen LogP contribution < -0.4 is 10.6 Å². The molecule has 104 valence electrons. The van der Waals surface area contributed by atoms with Gasteiger partial charge in [0.2, 0.25) is 0 Å². The van der Waals surface area contributed by atoms with Crippen LogP contribution in [0.4, 0.5) is 5.69 Å². The molecule has 0 aliphatic heterocycles. The quantitative estimate of drug-likeness (QED) is 0.706. The fourth-order valence-electron chi connectivity index (χ4n) is 1.70. The molecule has 21 heavy (non-hydrogen) atoms. The minimum atomic E-state index is -0.300. The Balaban J connectivity index is 1.69. The van der Waals surface area contributed by atoms with Crippen molar-refractivity contribution in [3.05, 3.63) is 48.3 Å². The molecule has 0 unspecified atom stereocenters. The van der Waals surface area contributed by atoms with Gasteiger partial charge < -0.3 is 5.32 Å². The summed E-state index contributed by atoms with van der Waals surface area (Å²) >= 11 is 6.21. The van der Waals surface area contributed by atoms with Gasteiger partial charge in [0.05, 0.1) is 23.6 Å². The van der Waals surface area contributed by atoms with Crippen molar-refractivity contribution in [2.75, 3.05) is 5.32 Å². The van der Waals surface area contributed by atoms with E-state index in [4.69, 9.17) is 12.2 Å². The number of thiocarbonyl (C=S) groups is 1. The molecule has 0 saturated heterocycles. The maximum absolute atomic E-state index is 12.1. The second-order valence-electron chi connectivity index (χ2n) is 4.12. The van der Waals surface area contributed by atoms with E-state index in [0.29, 0.717) is 16.8 Å². The van der Waals surface area contributed by atoms with Gasteiger partial charge in [-0.2, -0.15) is 8.75 Å². The largest absolute Gasteiger partial charge is 0.331 e. The zero-order chi connectivity index (χ0) is 14.7. The number of nitrogens with one attached hydrogen (secondary N) is 2. The Bertz CT molecular complexity index is 802. The summed E-state index contributed by atoms with van der Waals surface area (Å²) in [7, 11) is 0. The van der Waals surface area contributed by atoms with Crippen LogP contribution in [-0.2, 0) is 0 Å². The summed E-state index contributed by atoms with van der Waals surface area (Å²) in [6, 6.07) is 8.70. The third-order valence-corrected chi connectivity index (χ3v) is 3.42. The molecule has 0 bridgehead atoms. The van der Waals surface area contributed by atoms with E-state index in [1.165, 1.54) is 0 Å². The molecule has 0 spiro atoms. The monoisotopic (exact) mass is 315 g/mol. The average molecular weight is 315 g/mol. The number of rotatable bonds is 2. The summed E-state index contributed by atoms with van der Waals surface area (Å²) in [6.45, 7) is 0. The summed E-state index contributed by atoms with van der Waals surface area (Å²) in [4.78, 5) is 16.1. The average Bonchev–Trinajstić information content (AvgIpc) is 2.95. The first-order valence-corrected chi connectivity index (χ1v) is 7.11. The number of fused-ring (bicyclic) bond motifs is 1. The summed E-state index contributed by atoms with van der Waals surface area (Å²) in [5.41, 5.74) is 2.65. The Morgan fingerprint density at radius 1 is 1.19 bits per heavy atom. The number of hydrogen-bond donors (Lipinski definition) is 2. The van der Waals surface area contributed by atoms with Gasteiger partial charge >= 0.3 is 0 Å². The van der Waals surface area contributed by atoms with Crippen molar-refractivity contribution in [3.63, 3.8) is 0 Å². The van der Waals surface area contributed by atoms with Gasteiger partial charge in [-0.1, -0.05) is 0 Å². The highest BCUT2D eigenvalue weighted by Gasteiger charge is 2.10. The molecule has 2 N–H and O–H groups in total. The van der Waals surface area contributed by atoms with Crippen LogP contribution in [0, 0.1) is 0 Å². The fraction of sp³-hybridized carbons (Fsp3) is 0. The van der Waals surface area contributed by atoms with E-state index >= 15 is 0 Å². The predicted molar refractivity (Wildman–Crippen MR) is 85.3 cm³/mol. The molecule has 0 aliphatic carbocycles. The van der Waals surface area contributed by atoms with Gasteiger partial charge in [-0.25, -0.2) is 0 Å². The topological polar surface area (TPSA) is 79.8 Å². The van der Waals surface area contributed by atoms with Crippen LogP contribution in [0.15, 0.2) is 42.7 Å². The van der Waals surface area contributed by atoms with Crippen LogP contribution in [0.25, 0.3) is 11.0 Å². The molecule has 6 nitrogen and oxygen atoms in total. The van der Waals surface area contributed by atoms with Crippen LogP contribution in [-0.4, -0.2) is 24.8 Å². The number of carbonyl (C=O) groups is 1. The van der Waals surface area contributed by atoms with E-state index in [1.54, 1.807) is 42.7 Å². The van der Waals surface area contributed by atoms with Crippen LogP contribution in [0.5, 0.6) is 0 Å². The van der Waals surface area contributed by atoms with Gasteiger partial charge in [-0.3, -0.25) is 15.1 Å². The van der Waals surface area contributed by atoms with Crippen LogP contribution in [0.3, 0.4) is 0 Å². The maximum atomic E-state index is 12.1. The Morgan fingerprint density at radius 2 is 2.05 bits per heavy atom. The van der Waals surface area contributed by atoms with E-state index in [2.05, 4.69) is 24.4 Å². The van der Waals surface area contributed by atoms with E-state index < -0.39 is 0 Å². The first kappa shape index (κ1) is 13.5. The van der Waals surface area contributed by atoms with Gasteiger partial charge in [0, 0.05) is 11.8 Å². The molecule has 8 heteroatoms. The Morgan fingerprint density at radius 3 is 2.86 bits per heavy atom. The predicted octanol–water partition coefficient (Wildman–Crippen LogP) is 2.21. The highest BCUT2D eigenvalue weighted by atomic mass is 32.1. The highest BCUT2D eigenvalue weighted by molar-refractivity contribution is 7.80. The second kappa shape index (κ2) is 5.90. The molecule has 0 atom stereocenters. The van der Waals surface area contributed by atoms with Crippen molar-refractivity contribution in [2.45, 2.75) is 0 Å². The van der Waals surface area contributed by atoms with E-state index in [-0.39, 0.29) is 11.0 Å². The van der Waals surface area contributed by atoms with Crippen molar-refractivity contribution in [3.8, 4) is 0 Å². The second-order valence-corrected chi connectivity index (χ2v) is 5.05. The zero-order valence-electron chi connectivity index (χ0n) is 10.6. The van der Waals surface area contributed by atoms with E-state index in [0.717, 1.165) is 17.2 Å². The van der Waals surface area contributed by atoms with E-state index in [9.17, 15) is 4.79 Å². The summed E-state index contributed by atoms with van der Waals surface area (Å²) in [5.74, 6) is -0.300. The molecule has 0 radical (unpaired) electrons. The molecule has 0 fully saturated rings. The van der Waals surface area contributed by atoms with Crippen molar-refractivity contribution in [2.24, 2.45) is 0 Å². The van der Waals surface area contributed by atoms with Crippen LogP contribution in [0.1, 0.15) is 10.4 Å². The molecule has 0 aliphatic rings. The third-order valence-electron chi connectivity index (χ3n) is 2.66. The van der Waals surface area contributed by atoms with Crippen LogP contribution >= 0.6 is 23.9 Å². The van der Waals surface area contributed by atoms with Gasteiger partial charge in [-0.15, -0.1) is 0 Å². The first-order valence-electron chi connectivity index (χ1n) is 5.97. The minimum Gasteiger partial charge on any atom is -0.331 e. The van der Waals surface area contributed by atoms with Gasteiger partial charge in [-0.05, 0) is 42.5 Å². The van der Waals surface area contributed by atoms with Gasteiger partial charge in [0.15, 0.2) is 5.11 Å². The molecule has 2 aromatic heterocycles. The summed E-state index contributed by atoms with van der Waals surface area (Å²) in [5, 5.41) is 5.71. The van der Waals surface area contributed by atoms with Crippen molar-refractivity contribution in [1.29, 1.82) is 0 Å². The lowest BCUT2D eigenvalue weighted by Gasteiger charge is -2.08. The third kappa shape index (κ3) is 3.18. The molecule has 3 rings (SSSR count). The number of anilines is 1. The standard InChI is InChI=1S/C13H9N5OS2/c19-12(8-3-4-10-11(6-8)18-21-17-10)16-13(20)15-9-2-1-5-14-7-9/h1-7H,(H2,15,16,19,20). The Hall–Kier alpha value is -2.45. The summed E-state index contributed by atoms with van der Waals surface area (Å²) < 4.78 is 8.19. The Kier molecular flexibility index (Phi) is 3.80. The molecule has 2 heterocycles. The molecule has 0 saturated carbocycles. The summed E-state index contributed by atoms with van der Waals surface area (Å²) in [6.07, 6.45) is 3.27. The van der Waals surface area contributed by atoms with Gasteiger partial charge in [0.1, 0.15) is 11.0 Å². The number of nitrogens with zero attached hydrogens (tertiary/aromatic N) is 3. The number of hydrogen-bond acceptors (Lipinski definition) is 6. The lowest BCUT2D eigenvalue weighted by molar-refractivity contribution is 0.0978. The first-order chi connectivity index (χ1) is 10.2. The fourth-order valence-corrected chi connectivity index (χ4v) is 2.43. The molecule has 3 aromatic rings. The highest BCUT2D eigenvalue weighted by Crippen LogP contribution is 2.13. The Labute approximate surface area is 129 Å². The van der Waals surface area contributed by atoms with Crippen molar-refractivity contribution < 1.29 is 4.79 Å². The number of aromatic nitrogens is 3. The van der Waals surface area contributed by atoms with Crippen molar-refractivity contribution in [1.82, 2.24) is 19.0 Å². The molecular weight excluding hydrogens is 306 g/mol. The molecule has 1 aromatic carbocycles. The molecular formula is C13H9N5OS2. The zero-order valence-corrected chi connectivity index (χ0v) is 12.2. The van der Waals surface area contributed by atoms with E-state index in [1.807, 2.05) is 0 Å². The number of pyridine rings is 1. The lowest BCUT2D eigenvalue weighted by Crippen LogP contribution is -2.34. The number of amides is 1.